The highest BCUT2D eigenvalue weighted by Gasteiger charge is 2.34. The zero-order valence-electron chi connectivity index (χ0n) is 12.9. The molecule has 2 aromatic carbocycles. The molecule has 2 aromatic rings. The van der Waals surface area contributed by atoms with Crippen molar-refractivity contribution in [3.8, 4) is 0 Å². The molecule has 1 heterocycles. The van der Waals surface area contributed by atoms with Gasteiger partial charge in [0, 0.05) is 0 Å². The van der Waals surface area contributed by atoms with Crippen molar-refractivity contribution in [2.24, 2.45) is 0 Å². The topological polar surface area (TPSA) is 58.6 Å². The zero-order valence-corrected chi connectivity index (χ0v) is 12.9. The standard InChI is InChI=1S/C18H18N2O3/c1-2-23-18(22)20-15-11-7-6-10-14(15)19-17(21)12-16(20)13-8-4-3-5-9-13/h3-11,16H,2,12H2,1H3,(H,19,21)/t16-/m0/s1. The third-order valence-corrected chi connectivity index (χ3v) is 3.78. The van der Waals surface area contributed by atoms with Gasteiger partial charge >= 0.3 is 6.09 Å². The van der Waals surface area contributed by atoms with E-state index in [2.05, 4.69) is 5.32 Å². The van der Waals surface area contributed by atoms with Crippen LogP contribution in [0.4, 0.5) is 16.2 Å². The molecule has 0 aliphatic carbocycles. The van der Waals surface area contributed by atoms with Gasteiger partial charge in [-0.3, -0.25) is 9.69 Å². The van der Waals surface area contributed by atoms with Gasteiger partial charge in [-0.15, -0.1) is 0 Å². The Morgan fingerprint density at radius 2 is 1.87 bits per heavy atom. The number of carbonyl (C=O) groups excluding carboxylic acids is 2. The van der Waals surface area contributed by atoms with Crippen molar-refractivity contribution >= 4 is 23.4 Å². The Morgan fingerprint density at radius 1 is 1.17 bits per heavy atom. The van der Waals surface area contributed by atoms with Crippen molar-refractivity contribution in [1.29, 1.82) is 0 Å². The smallest absolute Gasteiger partial charge is 0.414 e. The molecule has 2 amide bonds. The summed E-state index contributed by atoms with van der Waals surface area (Å²) in [4.78, 5) is 26.4. The average molecular weight is 310 g/mol. The predicted octanol–water partition coefficient (Wildman–Crippen LogP) is 3.73. The van der Waals surface area contributed by atoms with Crippen LogP contribution in [0, 0.1) is 0 Å². The number of fused-ring (bicyclic) bond motifs is 1. The number of ether oxygens (including phenoxy) is 1. The molecular formula is C18H18N2O3. The van der Waals surface area contributed by atoms with Gasteiger partial charge in [0.1, 0.15) is 0 Å². The second kappa shape index (κ2) is 6.52. The molecular weight excluding hydrogens is 292 g/mol. The lowest BCUT2D eigenvalue weighted by Crippen LogP contribution is -2.35. The summed E-state index contributed by atoms with van der Waals surface area (Å²) in [5.41, 5.74) is 2.15. The summed E-state index contributed by atoms with van der Waals surface area (Å²) in [6.45, 7) is 2.04. The first-order chi connectivity index (χ1) is 11.2. The fourth-order valence-corrected chi connectivity index (χ4v) is 2.79. The first-order valence-electron chi connectivity index (χ1n) is 7.60. The maximum atomic E-state index is 12.6. The number of anilines is 2. The van der Waals surface area contributed by atoms with E-state index in [0.29, 0.717) is 11.4 Å². The van der Waals surface area contributed by atoms with Crippen molar-refractivity contribution in [2.75, 3.05) is 16.8 Å². The zero-order chi connectivity index (χ0) is 16.2. The van der Waals surface area contributed by atoms with Crippen LogP contribution in [0.2, 0.25) is 0 Å². The van der Waals surface area contributed by atoms with Crippen molar-refractivity contribution in [3.63, 3.8) is 0 Å². The van der Waals surface area contributed by atoms with Crippen LogP contribution in [0.3, 0.4) is 0 Å². The second-order valence-corrected chi connectivity index (χ2v) is 5.26. The van der Waals surface area contributed by atoms with Crippen LogP contribution in [-0.2, 0) is 9.53 Å². The number of para-hydroxylation sites is 2. The number of nitrogens with one attached hydrogen (secondary N) is 1. The number of benzene rings is 2. The van der Waals surface area contributed by atoms with Gasteiger partial charge in [0.25, 0.3) is 0 Å². The number of hydrogen-bond donors (Lipinski definition) is 1. The van der Waals surface area contributed by atoms with E-state index in [4.69, 9.17) is 4.74 Å². The minimum atomic E-state index is -0.453. The maximum Gasteiger partial charge on any atom is 0.414 e. The lowest BCUT2D eigenvalue weighted by Gasteiger charge is -2.29. The molecule has 1 aliphatic heterocycles. The molecule has 0 unspecified atom stereocenters. The van der Waals surface area contributed by atoms with Crippen LogP contribution in [0.1, 0.15) is 24.9 Å². The van der Waals surface area contributed by atoms with Gasteiger partial charge in [-0.25, -0.2) is 4.79 Å². The molecule has 0 spiro atoms. The van der Waals surface area contributed by atoms with E-state index in [0.717, 1.165) is 5.56 Å². The van der Waals surface area contributed by atoms with Gasteiger partial charge in [0.2, 0.25) is 5.91 Å². The molecule has 0 bridgehead atoms. The molecule has 3 rings (SSSR count). The molecule has 5 nitrogen and oxygen atoms in total. The molecule has 1 N–H and O–H groups in total. The van der Waals surface area contributed by atoms with Gasteiger partial charge in [0.15, 0.2) is 0 Å². The highest BCUT2D eigenvalue weighted by atomic mass is 16.6. The summed E-state index contributed by atoms with van der Waals surface area (Å²) in [5, 5.41) is 2.86. The van der Waals surface area contributed by atoms with Gasteiger partial charge in [-0.05, 0) is 24.6 Å². The van der Waals surface area contributed by atoms with Crippen LogP contribution in [0.5, 0.6) is 0 Å². The van der Waals surface area contributed by atoms with Crippen molar-refractivity contribution in [3.05, 3.63) is 60.2 Å². The van der Waals surface area contributed by atoms with Crippen LogP contribution >= 0.6 is 0 Å². The summed E-state index contributed by atoms with van der Waals surface area (Å²) in [6, 6.07) is 16.4. The SMILES string of the molecule is CCOC(=O)N1c2ccccc2NC(=O)C[C@H]1c1ccccc1. The normalized spacial score (nSPS) is 17.0. The van der Waals surface area contributed by atoms with E-state index < -0.39 is 12.1 Å². The van der Waals surface area contributed by atoms with Crippen LogP contribution in [-0.4, -0.2) is 18.6 Å². The summed E-state index contributed by atoms with van der Waals surface area (Å²) in [7, 11) is 0. The van der Waals surface area contributed by atoms with Gasteiger partial charge in [-0.2, -0.15) is 0 Å². The fourth-order valence-electron chi connectivity index (χ4n) is 2.79. The highest BCUT2D eigenvalue weighted by Crippen LogP contribution is 2.38. The van der Waals surface area contributed by atoms with E-state index in [1.54, 1.807) is 17.9 Å². The summed E-state index contributed by atoms with van der Waals surface area (Å²) < 4.78 is 5.23. The van der Waals surface area contributed by atoms with Crippen LogP contribution in [0.15, 0.2) is 54.6 Å². The minimum Gasteiger partial charge on any atom is -0.449 e. The number of carbonyl (C=O) groups is 2. The Balaban J connectivity index is 2.12. The van der Waals surface area contributed by atoms with Gasteiger partial charge in [0.05, 0.1) is 30.4 Å². The summed E-state index contributed by atoms with van der Waals surface area (Å²) in [5.74, 6) is -0.127. The lowest BCUT2D eigenvalue weighted by molar-refractivity contribution is -0.116. The number of amides is 2. The molecule has 0 fully saturated rings. The molecule has 0 radical (unpaired) electrons. The first kappa shape index (κ1) is 15.1. The summed E-state index contributed by atoms with van der Waals surface area (Å²) >= 11 is 0. The van der Waals surface area contributed by atoms with Crippen LogP contribution < -0.4 is 10.2 Å². The Morgan fingerprint density at radius 3 is 2.61 bits per heavy atom. The Bertz CT molecular complexity index is 715. The monoisotopic (exact) mass is 310 g/mol. The Kier molecular flexibility index (Phi) is 4.28. The third-order valence-electron chi connectivity index (χ3n) is 3.78. The van der Waals surface area contributed by atoms with E-state index >= 15 is 0 Å². The summed E-state index contributed by atoms with van der Waals surface area (Å²) in [6.07, 6.45) is -0.275. The molecule has 5 heteroatoms. The molecule has 118 valence electrons. The van der Waals surface area contributed by atoms with Crippen molar-refractivity contribution < 1.29 is 14.3 Å². The van der Waals surface area contributed by atoms with Gasteiger partial charge in [-0.1, -0.05) is 42.5 Å². The fraction of sp³-hybridized carbons (Fsp3) is 0.222. The average Bonchev–Trinajstić information content (AvgIpc) is 2.71. The number of nitrogens with zero attached hydrogens (tertiary/aromatic N) is 1. The maximum absolute atomic E-state index is 12.6. The lowest BCUT2D eigenvalue weighted by atomic mass is 10.0. The van der Waals surface area contributed by atoms with E-state index in [1.807, 2.05) is 48.5 Å². The minimum absolute atomic E-state index is 0.127. The molecule has 1 atom stereocenters. The Hall–Kier alpha value is -2.82. The molecule has 1 aliphatic rings. The molecule has 0 saturated heterocycles. The molecule has 0 aromatic heterocycles. The van der Waals surface area contributed by atoms with Crippen LogP contribution in [0.25, 0.3) is 0 Å². The molecule has 23 heavy (non-hydrogen) atoms. The third kappa shape index (κ3) is 3.04. The molecule has 0 saturated carbocycles. The van der Waals surface area contributed by atoms with E-state index in [-0.39, 0.29) is 18.9 Å². The van der Waals surface area contributed by atoms with Gasteiger partial charge < -0.3 is 10.1 Å². The predicted molar refractivity (Wildman–Crippen MR) is 88.4 cm³/mol. The van der Waals surface area contributed by atoms with Crippen molar-refractivity contribution in [1.82, 2.24) is 0 Å². The number of hydrogen-bond acceptors (Lipinski definition) is 3. The highest BCUT2D eigenvalue weighted by molar-refractivity contribution is 6.02. The second-order valence-electron chi connectivity index (χ2n) is 5.26. The Labute approximate surface area is 134 Å². The van der Waals surface area contributed by atoms with E-state index in [1.165, 1.54) is 0 Å². The van der Waals surface area contributed by atoms with Crippen molar-refractivity contribution in [2.45, 2.75) is 19.4 Å². The number of rotatable bonds is 2. The first-order valence-corrected chi connectivity index (χ1v) is 7.60. The largest absolute Gasteiger partial charge is 0.449 e. The van der Waals surface area contributed by atoms with E-state index in [9.17, 15) is 9.59 Å². The quantitative estimate of drug-likeness (QED) is 0.919.